The maximum absolute atomic E-state index is 13.8. The minimum atomic E-state index is -0.521. The maximum Gasteiger partial charge on any atom is 0.262 e. The van der Waals surface area contributed by atoms with Gasteiger partial charge in [-0.1, -0.05) is 24.3 Å². The summed E-state index contributed by atoms with van der Waals surface area (Å²) in [6, 6.07) is 13.2. The van der Waals surface area contributed by atoms with E-state index < -0.39 is 17.6 Å². The molecule has 2 aliphatic carbocycles. The molecule has 1 aliphatic heterocycles. The summed E-state index contributed by atoms with van der Waals surface area (Å²) in [6.07, 6.45) is 4.20. The number of ketones is 2. The van der Waals surface area contributed by atoms with E-state index in [1.807, 2.05) is 13.1 Å². The number of para-hydroxylation sites is 1. The fourth-order valence-corrected chi connectivity index (χ4v) is 5.37. The standard InChI is InChI=1S/C28H27FN2O4/c1-31-21-11-5-13-23(32)27(21)26(28-22(31)12-6-14-24(28)33)17-7-4-8-18(15-17)35-16-25(34)30-20-10-3-2-9-19(20)29/h2-4,7-10,15,26H,5-6,11-14,16H2,1H3,(H,30,34). The van der Waals surface area contributed by atoms with Crippen LogP contribution in [0.2, 0.25) is 0 Å². The van der Waals surface area contributed by atoms with Crippen molar-refractivity contribution >= 4 is 23.2 Å². The molecule has 0 fully saturated rings. The van der Waals surface area contributed by atoms with Crippen LogP contribution in [-0.4, -0.2) is 36.0 Å². The summed E-state index contributed by atoms with van der Waals surface area (Å²) in [5.74, 6) is -0.812. The van der Waals surface area contributed by atoms with E-state index in [1.165, 1.54) is 12.1 Å². The molecule has 2 aromatic carbocycles. The molecule has 7 heteroatoms. The molecule has 0 atom stereocenters. The zero-order valence-electron chi connectivity index (χ0n) is 19.6. The van der Waals surface area contributed by atoms with Crippen molar-refractivity contribution in [1.82, 2.24) is 4.90 Å². The van der Waals surface area contributed by atoms with Gasteiger partial charge in [0.1, 0.15) is 11.6 Å². The molecule has 6 nitrogen and oxygen atoms in total. The van der Waals surface area contributed by atoms with Gasteiger partial charge in [0.15, 0.2) is 18.2 Å². The van der Waals surface area contributed by atoms with Crippen LogP contribution >= 0.6 is 0 Å². The number of anilines is 1. The zero-order chi connectivity index (χ0) is 24.5. The molecule has 0 saturated carbocycles. The average Bonchev–Trinajstić information content (AvgIpc) is 2.86. The van der Waals surface area contributed by atoms with Crippen molar-refractivity contribution < 1.29 is 23.5 Å². The summed E-state index contributed by atoms with van der Waals surface area (Å²) in [4.78, 5) is 40.6. The minimum Gasteiger partial charge on any atom is -0.484 e. The second kappa shape index (κ2) is 9.49. The maximum atomic E-state index is 13.8. The highest BCUT2D eigenvalue weighted by Crippen LogP contribution is 2.48. The molecule has 0 unspecified atom stereocenters. The van der Waals surface area contributed by atoms with Crippen LogP contribution in [0.1, 0.15) is 50.0 Å². The lowest BCUT2D eigenvalue weighted by molar-refractivity contribution is -0.118. The molecule has 0 spiro atoms. The van der Waals surface area contributed by atoms with Crippen molar-refractivity contribution in [1.29, 1.82) is 0 Å². The Morgan fingerprint density at radius 3 is 2.29 bits per heavy atom. The Kier molecular flexibility index (Phi) is 6.24. The van der Waals surface area contributed by atoms with Gasteiger partial charge in [0.2, 0.25) is 0 Å². The molecule has 0 aromatic heterocycles. The first-order valence-electron chi connectivity index (χ1n) is 12.0. The molecule has 180 valence electrons. The molecule has 2 aromatic rings. The van der Waals surface area contributed by atoms with Gasteiger partial charge in [-0.05, 0) is 55.5 Å². The summed E-state index contributed by atoms with van der Waals surface area (Å²) in [7, 11) is 1.96. The third-order valence-corrected chi connectivity index (χ3v) is 6.95. The highest BCUT2D eigenvalue weighted by Gasteiger charge is 2.42. The van der Waals surface area contributed by atoms with Crippen LogP contribution in [0.5, 0.6) is 5.75 Å². The topological polar surface area (TPSA) is 75.7 Å². The molecule has 1 heterocycles. The first kappa shape index (κ1) is 23.0. The number of Topliss-reactive ketones (excluding diaryl/α,β-unsaturated/α-hetero) is 2. The van der Waals surface area contributed by atoms with E-state index in [0.717, 1.165) is 42.6 Å². The molecule has 0 bridgehead atoms. The number of nitrogens with one attached hydrogen (secondary N) is 1. The molecular weight excluding hydrogens is 447 g/mol. The number of nitrogens with zero attached hydrogens (tertiary/aromatic N) is 1. The molecule has 3 aliphatic rings. The van der Waals surface area contributed by atoms with E-state index in [0.29, 0.717) is 29.7 Å². The minimum absolute atomic E-state index is 0.0867. The molecule has 1 amide bonds. The predicted molar refractivity (Wildman–Crippen MR) is 129 cm³/mol. The van der Waals surface area contributed by atoms with Gasteiger partial charge in [0.25, 0.3) is 5.91 Å². The van der Waals surface area contributed by atoms with Gasteiger partial charge in [-0.25, -0.2) is 4.39 Å². The van der Waals surface area contributed by atoms with Crippen LogP contribution in [-0.2, 0) is 14.4 Å². The third-order valence-electron chi connectivity index (χ3n) is 6.95. The van der Waals surface area contributed by atoms with E-state index in [1.54, 1.807) is 30.3 Å². The summed E-state index contributed by atoms with van der Waals surface area (Å²) in [5, 5.41) is 2.50. The SMILES string of the molecule is CN1C2=C(C(=O)CCC2)C(c2cccc(OCC(=O)Nc3ccccc3F)c2)C2=C1CCCC2=O. The van der Waals surface area contributed by atoms with Gasteiger partial charge < -0.3 is 15.0 Å². The number of hydrogen-bond acceptors (Lipinski definition) is 5. The molecule has 1 N–H and O–H groups in total. The van der Waals surface area contributed by atoms with E-state index in [4.69, 9.17) is 4.74 Å². The van der Waals surface area contributed by atoms with E-state index in [-0.39, 0.29) is 23.9 Å². The first-order chi connectivity index (χ1) is 16.9. The van der Waals surface area contributed by atoms with Crippen molar-refractivity contribution in [3.8, 4) is 5.75 Å². The van der Waals surface area contributed by atoms with Crippen LogP contribution in [0, 0.1) is 5.82 Å². The van der Waals surface area contributed by atoms with Crippen LogP contribution in [0.25, 0.3) is 0 Å². The number of ether oxygens (including phenoxy) is 1. The Morgan fingerprint density at radius 1 is 0.971 bits per heavy atom. The summed E-state index contributed by atoms with van der Waals surface area (Å²) in [5.41, 5.74) is 4.33. The van der Waals surface area contributed by atoms with Crippen molar-refractivity contribution in [2.24, 2.45) is 0 Å². The van der Waals surface area contributed by atoms with Crippen LogP contribution in [0.15, 0.2) is 71.1 Å². The van der Waals surface area contributed by atoms with Crippen LogP contribution in [0.4, 0.5) is 10.1 Å². The van der Waals surface area contributed by atoms with Crippen molar-refractivity contribution in [2.75, 3.05) is 19.0 Å². The second-order valence-electron chi connectivity index (χ2n) is 9.16. The lowest BCUT2D eigenvalue weighted by atomic mass is 9.71. The second-order valence-corrected chi connectivity index (χ2v) is 9.16. The lowest BCUT2D eigenvalue weighted by Gasteiger charge is -2.42. The lowest BCUT2D eigenvalue weighted by Crippen LogP contribution is -2.37. The Labute approximate surface area is 203 Å². The van der Waals surface area contributed by atoms with Crippen molar-refractivity contribution in [3.05, 3.63) is 82.5 Å². The normalized spacial score (nSPS) is 18.4. The quantitative estimate of drug-likeness (QED) is 0.668. The summed E-state index contributed by atoms with van der Waals surface area (Å²) < 4.78 is 19.5. The van der Waals surface area contributed by atoms with E-state index >= 15 is 0 Å². The summed E-state index contributed by atoms with van der Waals surface area (Å²) >= 11 is 0. The summed E-state index contributed by atoms with van der Waals surface area (Å²) in [6.45, 7) is -0.301. The Morgan fingerprint density at radius 2 is 1.63 bits per heavy atom. The highest BCUT2D eigenvalue weighted by molar-refractivity contribution is 6.06. The largest absolute Gasteiger partial charge is 0.484 e. The van der Waals surface area contributed by atoms with Crippen LogP contribution < -0.4 is 10.1 Å². The average molecular weight is 475 g/mol. The number of allylic oxidation sites excluding steroid dienone is 4. The number of amides is 1. The van der Waals surface area contributed by atoms with E-state index in [2.05, 4.69) is 10.2 Å². The number of rotatable bonds is 5. The Balaban J connectivity index is 1.43. The van der Waals surface area contributed by atoms with Gasteiger partial charge in [-0.2, -0.15) is 0 Å². The van der Waals surface area contributed by atoms with Gasteiger partial charge >= 0.3 is 0 Å². The number of carbonyl (C=O) groups is 3. The fourth-order valence-electron chi connectivity index (χ4n) is 5.37. The van der Waals surface area contributed by atoms with Crippen molar-refractivity contribution in [2.45, 2.75) is 44.4 Å². The predicted octanol–water partition coefficient (Wildman–Crippen LogP) is 4.89. The van der Waals surface area contributed by atoms with E-state index in [9.17, 15) is 18.8 Å². The number of halogens is 1. The zero-order valence-corrected chi connectivity index (χ0v) is 19.6. The number of benzene rings is 2. The molecule has 0 radical (unpaired) electrons. The third kappa shape index (κ3) is 4.38. The van der Waals surface area contributed by atoms with Gasteiger partial charge in [0.05, 0.1) is 5.69 Å². The molecule has 5 rings (SSSR count). The molecule has 0 saturated heterocycles. The number of carbonyl (C=O) groups excluding carboxylic acids is 3. The Bertz CT molecular complexity index is 1240. The van der Waals surface area contributed by atoms with Gasteiger partial charge in [-0.3, -0.25) is 14.4 Å². The smallest absolute Gasteiger partial charge is 0.262 e. The molecule has 35 heavy (non-hydrogen) atoms. The fraction of sp³-hybridized carbons (Fsp3) is 0.321. The van der Waals surface area contributed by atoms with Gasteiger partial charge in [-0.15, -0.1) is 0 Å². The van der Waals surface area contributed by atoms with Gasteiger partial charge in [0, 0.05) is 48.3 Å². The highest BCUT2D eigenvalue weighted by atomic mass is 19.1. The Hall–Kier alpha value is -3.74. The van der Waals surface area contributed by atoms with Crippen LogP contribution in [0.3, 0.4) is 0 Å². The monoisotopic (exact) mass is 474 g/mol. The number of hydrogen-bond donors (Lipinski definition) is 1. The molecular formula is C28H27FN2O4. The van der Waals surface area contributed by atoms with Crippen molar-refractivity contribution in [3.63, 3.8) is 0 Å². The first-order valence-corrected chi connectivity index (χ1v) is 12.0.